The Kier molecular flexibility index (Phi) is 7.83. The van der Waals surface area contributed by atoms with Crippen LogP contribution < -0.4 is 14.8 Å². The Morgan fingerprint density at radius 2 is 2.12 bits per heavy atom. The van der Waals surface area contributed by atoms with Crippen molar-refractivity contribution in [1.82, 2.24) is 10.2 Å². The molecule has 0 unspecified atom stereocenters. The minimum Gasteiger partial charge on any atom is -0.493 e. The molecular formula is C18H24ClN3O3. The van der Waals surface area contributed by atoms with Crippen LogP contribution in [-0.2, 0) is 11.3 Å². The highest BCUT2D eigenvalue weighted by molar-refractivity contribution is 6.32. The number of carbonyl (C=O) groups excluding carboxylic acids is 1. The first-order valence-electron chi connectivity index (χ1n) is 8.49. The zero-order valence-corrected chi connectivity index (χ0v) is 15.3. The van der Waals surface area contributed by atoms with E-state index in [0.717, 1.165) is 25.2 Å². The molecule has 0 atom stereocenters. The zero-order valence-electron chi connectivity index (χ0n) is 14.5. The van der Waals surface area contributed by atoms with Crippen LogP contribution >= 0.6 is 11.6 Å². The first kappa shape index (κ1) is 19.4. The second kappa shape index (κ2) is 10.1. The van der Waals surface area contributed by atoms with Crippen LogP contribution in [0.15, 0.2) is 12.1 Å². The second-order valence-corrected chi connectivity index (χ2v) is 6.38. The molecule has 6 nitrogen and oxygen atoms in total. The fourth-order valence-electron chi connectivity index (χ4n) is 2.81. The van der Waals surface area contributed by atoms with Crippen LogP contribution in [0.1, 0.15) is 31.2 Å². The Bertz CT molecular complexity index is 625. The number of amides is 1. The predicted octanol–water partition coefficient (Wildman–Crippen LogP) is 2.74. The highest BCUT2D eigenvalue weighted by atomic mass is 35.5. The number of hydrogen-bond acceptors (Lipinski definition) is 5. The lowest BCUT2D eigenvalue weighted by molar-refractivity contribution is -0.120. The van der Waals surface area contributed by atoms with Crippen molar-refractivity contribution in [2.45, 2.75) is 32.2 Å². The molecule has 0 spiro atoms. The molecule has 1 saturated heterocycles. The smallest absolute Gasteiger partial charge is 0.234 e. The molecule has 0 bridgehead atoms. The molecule has 1 aromatic carbocycles. The standard InChI is InChI=1S/C18H24ClN3O3/c1-24-16-12-14(13-21-17(23)5-6-20)11-15(19)18(16)25-10-9-22-7-3-2-4-8-22/h11-12H,2-5,7-10,13H2,1H3,(H,21,23). The van der Waals surface area contributed by atoms with E-state index in [1.165, 1.54) is 19.3 Å². The molecule has 1 fully saturated rings. The van der Waals surface area contributed by atoms with Crippen LogP contribution in [0.25, 0.3) is 0 Å². The van der Waals surface area contributed by atoms with Gasteiger partial charge in [0.15, 0.2) is 11.5 Å². The fourth-order valence-corrected chi connectivity index (χ4v) is 3.10. The predicted molar refractivity (Wildman–Crippen MR) is 95.9 cm³/mol. The van der Waals surface area contributed by atoms with E-state index in [1.807, 2.05) is 6.07 Å². The van der Waals surface area contributed by atoms with Gasteiger partial charge in [0.1, 0.15) is 13.0 Å². The SMILES string of the molecule is COc1cc(CNC(=O)CC#N)cc(Cl)c1OCCN1CCCCC1. The van der Waals surface area contributed by atoms with Gasteiger partial charge >= 0.3 is 0 Å². The third-order valence-electron chi connectivity index (χ3n) is 4.12. The van der Waals surface area contributed by atoms with Gasteiger partial charge < -0.3 is 14.8 Å². The molecule has 0 aliphatic carbocycles. The number of halogens is 1. The maximum atomic E-state index is 11.4. The van der Waals surface area contributed by atoms with Crippen molar-refractivity contribution in [2.75, 3.05) is 33.4 Å². The lowest BCUT2D eigenvalue weighted by Gasteiger charge is -2.26. The van der Waals surface area contributed by atoms with Crippen molar-refractivity contribution in [3.63, 3.8) is 0 Å². The number of hydrogen-bond donors (Lipinski definition) is 1. The highest BCUT2D eigenvalue weighted by Gasteiger charge is 2.14. The molecule has 1 heterocycles. The molecule has 1 aromatic rings. The lowest BCUT2D eigenvalue weighted by Crippen LogP contribution is -2.33. The maximum Gasteiger partial charge on any atom is 0.234 e. The van der Waals surface area contributed by atoms with Crippen LogP contribution in [0.5, 0.6) is 11.5 Å². The van der Waals surface area contributed by atoms with Crippen molar-refractivity contribution in [3.8, 4) is 17.6 Å². The summed E-state index contributed by atoms with van der Waals surface area (Å²) in [4.78, 5) is 13.8. The topological polar surface area (TPSA) is 74.6 Å². The number of nitriles is 1. The maximum absolute atomic E-state index is 11.4. The van der Waals surface area contributed by atoms with Gasteiger partial charge in [-0.15, -0.1) is 0 Å². The van der Waals surface area contributed by atoms with E-state index in [0.29, 0.717) is 23.1 Å². The van der Waals surface area contributed by atoms with E-state index in [-0.39, 0.29) is 18.9 Å². The van der Waals surface area contributed by atoms with Crippen LogP contribution in [0.3, 0.4) is 0 Å². The average Bonchev–Trinajstić information content (AvgIpc) is 2.62. The Hall–Kier alpha value is -1.97. The third kappa shape index (κ3) is 6.11. The monoisotopic (exact) mass is 365 g/mol. The molecular weight excluding hydrogens is 342 g/mol. The Morgan fingerprint density at radius 1 is 1.36 bits per heavy atom. The molecule has 1 amide bonds. The molecule has 1 aliphatic heterocycles. The molecule has 7 heteroatoms. The molecule has 0 radical (unpaired) electrons. The van der Waals surface area contributed by atoms with Gasteiger partial charge in [-0.3, -0.25) is 9.69 Å². The molecule has 0 aromatic heterocycles. The van der Waals surface area contributed by atoms with E-state index < -0.39 is 0 Å². The summed E-state index contributed by atoms with van der Waals surface area (Å²) < 4.78 is 11.2. The number of nitrogens with one attached hydrogen (secondary N) is 1. The van der Waals surface area contributed by atoms with Gasteiger partial charge in [0.2, 0.25) is 5.91 Å². The van der Waals surface area contributed by atoms with Gasteiger partial charge in [-0.25, -0.2) is 0 Å². The number of ether oxygens (including phenoxy) is 2. The summed E-state index contributed by atoms with van der Waals surface area (Å²) >= 11 is 6.33. The van der Waals surface area contributed by atoms with Gasteiger partial charge in [-0.05, 0) is 43.6 Å². The summed E-state index contributed by atoms with van der Waals surface area (Å²) in [6, 6.07) is 5.34. The number of piperidine rings is 1. The van der Waals surface area contributed by atoms with E-state index in [4.69, 9.17) is 26.3 Å². The zero-order chi connectivity index (χ0) is 18.1. The summed E-state index contributed by atoms with van der Waals surface area (Å²) in [6.07, 6.45) is 3.64. The Balaban J connectivity index is 1.93. The number of likely N-dealkylation sites (tertiary alicyclic amines) is 1. The summed E-state index contributed by atoms with van der Waals surface area (Å²) in [6.45, 7) is 3.94. The van der Waals surface area contributed by atoms with Crippen LogP contribution in [0.4, 0.5) is 0 Å². The molecule has 25 heavy (non-hydrogen) atoms. The van der Waals surface area contributed by atoms with E-state index >= 15 is 0 Å². The molecule has 136 valence electrons. The minimum absolute atomic E-state index is 0.164. The second-order valence-electron chi connectivity index (χ2n) is 5.97. The fraction of sp³-hybridized carbons (Fsp3) is 0.556. The average molecular weight is 366 g/mol. The number of nitrogens with zero attached hydrogens (tertiary/aromatic N) is 2. The molecule has 2 rings (SSSR count). The van der Waals surface area contributed by atoms with Crippen LogP contribution in [0.2, 0.25) is 5.02 Å². The molecule has 1 aliphatic rings. The van der Waals surface area contributed by atoms with Crippen LogP contribution in [-0.4, -0.2) is 44.2 Å². The van der Waals surface area contributed by atoms with Gasteiger partial charge in [0.05, 0.1) is 18.2 Å². The van der Waals surface area contributed by atoms with Gasteiger partial charge in [0, 0.05) is 13.1 Å². The van der Waals surface area contributed by atoms with Gasteiger partial charge in [-0.1, -0.05) is 18.0 Å². The minimum atomic E-state index is -0.320. The summed E-state index contributed by atoms with van der Waals surface area (Å²) in [7, 11) is 1.56. The number of methoxy groups -OCH3 is 1. The van der Waals surface area contributed by atoms with E-state index in [2.05, 4.69) is 10.2 Å². The van der Waals surface area contributed by atoms with Crippen LogP contribution in [0, 0.1) is 11.3 Å². The van der Waals surface area contributed by atoms with Gasteiger partial charge in [-0.2, -0.15) is 5.26 Å². The van der Waals surface area contributed by atoms with Crippen molar-refractivity contribution in [2.24, 2.45) is 0 Å². The Morgan fingerprint density at radius 3 is 2.80 bits per heavy atom. The van der Waals surface area contributed by atoms with E-state index in [1.54, 1.807) is 19.2 Å². The molecule has 1 N–H and O–H groups in total. The number of rotatable bonds is 8. The van der Waals surface area contributed by atoms with Crippen molar-refractivity contribution >= 4 is 17.5 Å². The summed E-state index contributed by atoms with van der Waals surface area (Å²) in [5, 5.41) is 11.6. The van der Waals surface area contributed by atoms with E-state index in [9.17, 15) is 4.79 Å². The quantitative estimate of drug-likeness (QED) is 0.766. The summed E-state index contributed by atoms with van der Waals surface area (Å²) in [5.41, 5.74) is 0.788. The normalized spacial score (nSPS) is 14.6. The van der Waals surface area contributed by atoms with Crippen molar-refractivity contribution in [1.29, 1.82) is 5.26 Å². The highest BCUT2D eigenvalue weighted by Crippen LogP contribution is 2.36. The first-order valence-corrected chi connectivity index (χ1v) is 8.87. The first-order chi connectivity index (χ1) is 12.1. The number of carbonyl (C=O) groups is 1. The summed E-state index contributed by atoms with van der Waals surface area (Å²) in [5.74, 6) is 0.739. The lowest BCUT2D eigenvalue weighted by atomic mass is 10.1. The van der Waals surface area contributed by atoms with Crippen molar-refractivity contribution < 1.29 is 14.3 Å². The number of benzene rings is 1. The third-order valence-corrected chi connectivity index (χ3v) is 4.40. The van der Waals surface area contributed by atoms with Crippen molar-refractivity contribution in [3.05, 3.63) is 22.7 Å². The Labute approximate surface area is 153 Å². The largest absolute Gasteiger partial charge is 0.493 e. The van der Waals surface area contributed by atoms with Gasteiger partial charge in [0.25, 0.3) is 0 Å². The molecule has 0 saturated carbocycles.